The average Bonchev–Trinajstić information content (AvgIpc) is 2.79. The van der Waals surface area contributed by atoms with E-state index in [1.54, 1.807) is 13.3 Å². The summed E-state index contributed by atoms with van der Waals surface area (Å²) in [7, 11) is 1.71. The Bertz CT molecular complexity index is 983. The van der Waals surface area contributed by atoms with Crippen molar-refractivity contribution in [3.05, 3.63) is 66.4 Å². The van der Waals surface area contributed by atoms with Crippen LogP contribution in [0.15, 0.2) is 60.8 Å². The van der Waals surface area contributed by atoms with Gasteiger partial charge in [0.05, 0.1) is 23.9 Å². The van der Waals surface area contributed by atoms with Crippen LogP contribution in [0, 0.1) is 0 Å². The Kier molecular flexibility index (Phi) is 5.91. The largest absolute Gasteiger partial charge is 0.495 e. The third-order valence-corrected chi connectivity index (χ3v) is 5.36. The number of rotatable bonds is 6. The SMILES string of the molecule is COc1ccccc1N1CCN(CCNC(=O)c2cnc3ccccc3c2)CC1. The number of carbonyl (C=O) groups excluding carboxylic acids is 1. The smallest absolute Gasteiger partial charge is 0.252 e. The molecule has 0 aliphatic carbocycles. The minimum Gasteiger partial charge on any atom is -0.495 e. The van der Waals surface area contributed by atoms with E-state index < -0.39 is 0 Å². The van der Waals surface area contributed by atoms with Crippen LogP contribution in [-0.4, -0.2) is 62.2 Å². The number of fused-ring (bicyclic) bond motifs is 1. The minimum absolute atomic E-state index is 0.0732. The van der Waals surface area contributed by atoms with Crippen LogP contribution in [0.25, 0.3) is 10.9 Å². The van der Waals surface area contributed by atoms with Crippen LogP contribution >= 0.6 is 0 Å². The van der Waals surface area contributed by atoms with Gasteiger partial charge in [-0.2, -0.15) is 0 Å². The van der Waals surface area contributed by atoms with Gasteiger partial charge in [0.2, 0.25) is 0 Å². The normalized spacial score (nSPS) is 14.7. The molecule has 1 aliphatic rings. The maximum atomic E-state index is 12.4. The van der Waals surface area contributed by atoms with Crippen LogP contribution in [0.2, 0.25) is 0 Å². The van der Waals surface area contributed by atoms with Crippen molar-refractivity contribution in [3.8, 4) is 5.75 Å². The van der Waals surface area contributed by atoms with E-state index in [1.165, 1.54) is 0 Å². The van der Waals surface area contributed by atoms with Crippen LogP contribution in [0.1, 0.15) is 10.4 Å². The summed E-state index contributed by atoms with van der Waals surface area (Å²) in [5.74, 6) is 0.841. The highest BCUT2D eigenvalue weighted by atomic mass is 16.5. The van der Waals surface area contributed by atoms with Crippen molar-refractivity contribution >= 4 is 22.5 Å². The molecule has 0 unspecified atom stereocenters. The highest BCUT2D eigenvalue weighted by Crippen LogP contribution is 2.28. The van der Waals surface area contributed by atoms with E-state index in [-0.39, 0.29) is 5.91 Å². The zero-order valence-electron chi connectivity index (χ0n) is 16.7. The molecule has 1 amide bonds. The zero-order chi connectivity index (χ0) is 20.1. The van der Waals surface area contributed by atoms with E-state index in [0.717, 1.165) is 55.1 Å². The number of methoxy groups -OCH3 is 1. The van der Waals surface area contributed by atoms with E-state index in [0.29, 0.717) is 12.1 Å². The lowest BCUT2D eigenvalue weighted by atomic mass is 10.1. The lowest BCUT2D eigenvalue weighted by Gasteiger charge is -2.36. The van der Waals surface area contributed by atoms with Gasteiger partial charge in [0.25, 0.3) is 5.91 Å². The lowest BCUT2D eigenvalue weighted by Crippen LogP contribution is -2.48. The molecule has 150 valence electrons. The third kappa shape index (κ3) is 4.49. The monoisotopic (exact) mass is 390 g/mol. The number of pyridine rings is 1. The lowest BCUT2D eigenvalue weighted by molar-refractivity contribution is 0.0947. The molecule has 4 rings (SSSR count). The van der Waals surface area contributed by atoms with Crippen molar-refractivity contribution in [2.24, 2.45) is 0 Å². The van der Waals surface area contributed by atoms with Gasteiger partial charge in [0.15, 0.2) is 0 Å². The maximum absolute atomic E-state index is 12.4. The molecule has 6 heteroatoms. The molecule has 0 radical (unpaired) electrons. The highest BCUT2D eigenvalue weighted by molar-refractivity contribution is 5.97. The topological polar surface area (TPSA) is 57.7 Å². The van der Waals surface area contributed by atoms with Crippen LogP contribution in [0.5, 0.6) is 5.75 Å². The van der Waals surface area contributed by atoms with Gasteiger partial charge in [0, 0.05) is 50.9 Å². The minimum atomic E-state index is -0.0732. The predicted molar refractivity (Wildman–Crippen MR) is 116 cm³/mol. The third-order valence-electron chi connectivity index (χ3n) is 5.36. The van der Waals surface area contributed by atoms with Crippen LogP contribution in [-0.2, 0) is 0 Å². The van der Waals surface area contributed by atoms with Gasteiger partial charge in [-0.15, -0.1) is 0 Å². The molecule has 2 heterocycles. The van der Waals surface area contributed by atoms with Gasteiger partial charge in [-0.1, -0.05) is 30.3 Å². The van der Waals surface area contributed by atoms with Crippen molar-refractivity contribution < 1.29 is 9.53 Å². The van der Waals surface area contributed by atoms with E-state index in [1.807, 2.05) is 48.5 Å². The summed E-state index contributed by atoms with van der Waals surface area (Å²) in [5.41, 5.74) is 2.65. The fraction of sp³-hybridized carbons (Fsp3) is 0.304. The molecule has 1 fully saturated rings. The summed E-state index contributed by atoms with van der Waals surface area (Å²) in [5, 5.41) is 4.00. The van der Waals surface area contributed by atoms with Crippen molar-refractivity contribution in [2.45, 2.75) is 0 Å². The number of nitrogens with zero attached hydrogens (tertiary/aromatic N) is 3. The Hall–Kier alpha value is -3.12. The standard InChI is InChI=1S/C23H26N4O2/c1-29-22-9-5-4-8-21(22)27-14-12-26(13-15-27)11-10-24-23(28)19-16-18-6-2-3-7-20(18)25-17-19/h2-9,16-17H,10-15H2,1H3,(H,24,28). The highest BCUT2D eigenvalue weighted by Gasteiger charge is 2.19. The van der Waals surface area contributed by atoms with Gasteiger partial charge in [-0.3, -0.25) is 14.7 Å². The van der Waals surface area contributed by atoms with E-state index in [9.17, 15) is 4.79 Å². The molecule has 1 saturated heterocycles. The quantitative estimate of drug-likeness (QED) is 0.701. The first-order valence-electron chi connectivity index (χ1n) is 9.98. The number of piperazine rings is 1. The second-order valence-corrected chi connectivity index (χ2v) is 7.17. The number of anilines is 1. The Morgan fingerprint density at radius 3 is 2.66 bits per heavy atom. The summed E-state index contributed by atoms with van der Waals surface area (Å²) in [6, 6.07) is 17.9. The van der Waals surface area contributed by atoms with Crippen LogP contribution in [0.3, 0.4) is 0 Å². The molecule has 0 saturated carbocycles. The Balaban J connectivity index is 1.25. The Labute approximate surface area is 171 Å². The molecular weight excluding hydrogens is 364 g/mol. The fourth-order valence-electron chi connectivity index (χ4n) is 3.73. The number of para-hydroxylation sites is 3. The van der Waals surface area contributed by atoms with Crippen LogP contribution < -0.4 is 15.0 Å². The fourth-order valence-corrected chi connectivity index (χ4v) is 3.73. The first-order valence-corrected chi connectivity index (χ1v) is 9.98. The molecule has 1 N–H and O–H groups in total. The summed E-state index contributed by atoms with van der Waals surface area (Å²) in [6.45, 7) is 5.29. The van der Waals surface area contributed by atoms with Crippen molar-refractivity contribution in [1.29, 1.82) is 0 Å². The molecule has 0 bridgehead atoms. The number of hydrogen-bond donors (Lipinski definition) is 1. The second kappa shape index (κ2) is 8.92. The maximum Gasteiger partial charge on any atom is 0.252 e. The zero-order valence-corrected chi connectivity index (χ0v) is 16.7. The van der Waals surface area contributed by atoms with E-state index in [4.69, 9.17) is 4.74 Å². The molecule has 0 spiro atoms. The van der Waals surface area contributed by atoms with E-state index >= 15 is 0 Å². The average molecular weight is 390 g/mol. The number of nitrogens with one attached hydrogen (secondary N) is 1. The van der Waals surface area contributed by atoms with Gasteiger partial charge >= 0.3 is 0 Å². The van der Waals surface area contributed by atoms with Crippen molar-refractivity contribution in [3.63, 3.8) is 0 Å². The first kappa shape index (κ1) is 19.2. The molecular formula is C23H26N4O2. The van der Waals surface area contributed by atoms with Crippen molar-refractivity contribution in [2.75, 3.05) is 51.3 Å². The molecule has 0 atom stereocenters. The summed E-state index contributed by atoms with van der Waals surface area (Å²) >= 11 is 0. The number of aromatic nitrogens is 1. The summed E-state index contributed by atoms with van der Waals surface area (Å²) in [6.07, 6.45) is 1.64. The number of carbonyl (C=O) groups is 1. The number of ether oxygens (including phenoxy) is 1. The Morgan fingerprint density at radius 2 is 1.83 bits per heavy atom. The van der Waals surface area contributed by atoms with E-state index in [2.05, 4.69) is 26.2 Å². The van der Waals surface area contributed by atoms with Gasteiger partial charge < -0.3 is 15.0 Å². The molecule has 3 aromatic rings. The van der Waals surface area contributed by atoms with Gasteiger partial charge in [-0.05, 0) is 24.3 Å². The molecule has 6 nitrogen and oxygen atoms in total. The summed E-state index contributed by atoms with van der Waals surface area (Å²) in [4.78, 5) is 21.5. The van der Waals surface area contributed by atoms with Gasteiger partial charge in [0.1, 0.15) is 5.75 Å². The Morgan fingerprint density at radius 1 is 1.07 bits per heavy atom. The molecule has 1 aliphatic heterocycles. The number of benzene rings is 2. The van der Waals surface area contributed by atoms with Crippen LogP contribution in [0.4, 0.5) is 5.69 Å². The number of amides is 1. The molecule has 1 aromatic heterocycles. The van der Waals surface area contributed by atoms with Gasteiger partial charge in [-0.25, -0.2) is 0 Å². The number of hydrogen-bond acceptors (Lipinski definition) is 5. The molecule has 2 aromatic carbocycles. The van der Waals surface area contributed by atoms with Crippen molar-refractivity contribution in [1.82, 2.24) is 15.2 Å². The first-order chi connectivity index (χ1) is 14.2. The second-order valence-electron chi connectivity index (χ2n) is 7.17. The predicted octanol–water partition coefficient (Wildman–Crippen LogP) is 2.80. The summed E-state index contributed by atoms with van der Waals surface area (Å²) < 4.78 is 5.48. The molecule has 29 heavy (non-hydrogen) atoms.